The number of hydrogen-bond donors (Lipinski definition) is 0. The molecule has 1 heterocycles. The van der Waals surface area contributed by atoms with Crippen LogP contribution in [0.4, 0.5) is 4.39 Å². The molecule has 0 bridgehead atoms. The summed E-state index contributed by atoms with van der Waals surface area (Å²) in [6.45, 7) is 3.71. The highest BCUT2D eigenvalue weighted by atomic mass is 19.1. The van der Waals surface area contributed by atoms with Crippen molar-refractivity contribution in [3.63, 3.8) is 0 Å². The Labute approximate surface area is 138 Å². The van der Waals surface area contributed by atoms with Crippen molar-refractivity contribution in [3.05, 3.63) is 75.3 Å². The van der Waals surface area contributed by atoms with E-state index >= 15 is 0 Å². The Morgan fingerprint density at radius 3 is 2.29 bits per heavy atom. The molecule has 122 valence electrons. The molecule has 0 saturated carbocycles. The van der Waals surface area contributed by atoms with E-state index in [4.69, 9.17) is 4.74 Å². The van der Waals surface area contributed by atoms with Gasteiger partial charge in [-0.2, -0.15) is 0 Å². The van der Waals surface area contributed by atoms with Crippen molar-refractivity contribution in [2.45, 2.75) is 13.8 Å². The van der Waals surface area contributed by atoms with Crippen LogP contribution in [-0.4, -0.2) is 17.6 Å². The van der Waals surface area contributed by atoms with E-state index in [1.54, 1.807) is 16.7 Å². The number of rotatable bonds is 2. The molecule has 4 nitrogen and oxygen atoms in total. The van der Waals surface area contributed by atoms with E-state index in [2.05, 4.69) is 0 Å². The lowest BCUT2D eigenvalue weighted by atomic mass is 10.0. The summed E-state index contributed by atoms with van der Waals surface area (Å²) in [7, 11) is 1.23. The topological polar surface area (TPSA) is 48.3 Å². The number of pyridine rings is 1. The SMILES string of the molecule is COC(=O)c1cn(-c2ccc(F)cc2)c2c(C)ccc(C)c2c1=O. The second-order valence-corrected chi connectivity index (χ2v) is 5.63. The zero-order valence-electron chi connectivity index (χ0n) is 13.6. The molecule has 3 rings (SSSR count). The first-order valence-corrected chi connectivity index (χ1v) is 7.44. The van der Waals surface area contributed by atoms with Crippen LogP contribution in [0.3, 0.4) is 0 Å². The third-order valence-corrected chi connectivity index (χ3v) is 4.07. The van der Waals surface area contributed by atoms with Crippen molar-refractivity contribution in [1.82, 2.24) is 4.57 Å². The lowest BCUT2D eigenvalue weighted by Gasteiger charge is -2.16. The second kappa shape index (κ2) is 5.92. The Morgan fingerprint density at radius 2 is 1.67 bits per heavy atom. The van der Waals surface area contributed by atoms with Gasteiger partial charge in [-0.05, 0) is 49.2 Å². The van der Waals surface area contributed by atoms with Crippen molar-refractivity contribution in [2.24, 2.45) is 0 Å². The predicted molar refractivity (Wildman–Crippen MR) is 90.3 cm³/mol. The number of nitrogens with zero attached hydrogens (tertiary/aromatic N) is 1. The average Bonchev–Trinajstić information content (AvgIpc) is 2.58. The Morgan fingerprint density at radius 1 is 1.04 bits per heavy atom. The molecule has 0 atom stereocenters. The minimum Gasteiger partial charge on any atom is -0.465 e. The van der Waals surface area contributed by atoms with E-state index in [0.717, 1.165) is 11.1 Å². The summed E-state index contributed by atoms with van der Waals surface area (Å²) in [6.07, 6.45) is 1.45. The molecule has 0 fully saturated rings. The fourth-order valence-corrected chi connectivity index (χ4v) is 2.84. The van der Waals surface area contributed by atoms with Crippen LogP contribution in [0, 0.1) is 19.7 Å². The van der Waals surface area contributed by atoms with Gasteiger partial charge < -0.3 is 9.30 Å². The molecule has 0 unspecified atom stereocenters. The Balaban J connectivity index is 2.49. The number of ether oxygens (including phenoxy) is 1. The highest BCUT2D eigenvalue weighted by molar-refractivity contribution is 5.96. The molecule has 0 aliphatic heterocycles. The number of aromatic nitrogens is 1. The van der Waals surface area contributed by atoms with Gasteiger partial charge in [-0.25, -0.2) is 9.18 Å². The molecule has 0 aliphatic carbocycles. The van der Waals surface area contributed by atoms with Gasteiger partial charge in [0.05, 0.1) is 18.0 Å². The fraction of sp³-hybridized carbons (Fsp3) is 0.158. The summed E-state index contributed by atoms with van der Waals surface area (Å²) < 4.78 is 19.7. The van der Waals surface area contributed by atoms with Gasteiger partial charge in [0.1, 0.15) is 11.4 Å². The quantitative estimate of drug-likeness (QED) is 0.677. The lowest BCUT2D eigenvalue weighted by molar-refractivity contribution is 0.0599. The molecule has 0 aliphatic rings. The van der Waals surface area contributed by atoms with E-state index in [-0.39, 0.29) is 16.8 Å². The molecular formula is C19H16FNO3. The number of benzene rings is 2. The summed E-state index contributed by atoms with van der Waals surface area (Å²) in [5, 5.41) is 0.460. The first-order chi connectivity index (χ1) is 11.4. The van der Waals surface area contributed by atoms with Gasteiger partial charge in [-0.3, -0.25) is 4.79 Å². The fourth-order valence-electron chi connectivity index (χ4n) is 2.84. The molecule has 3 aromatic rings. The van der Waals surface area contributed by atoms with Gasteiger partial charge >= 0.3 is 5.97 Å². The molecule has 0 amide bonds. The van der Waals surface area contributed by atoms with E-state index in [1.165, 1.54) is 25.4 Å². The molecule has 0 radical (unpaired) electrons. The summed E-state index contributed by atoms with van der Waals surface area (Å²) >= 11 is 0. The summed E-state index contributed by atoms with van der Waals surface area (Å²) in [5.41, 5.74) is 2.58. The number of carbonyl (C=O) groups excluding carboxylic acids is 1. The predicted octanol–water partition coefficient (Wildman–Crippen LogP) is 3.53. The highest BCUT2D eigenvalue weighted by Gasteiger charge is 2.19. The number of fused-ring (bicyclic) bond motifs is 1. The van der Waals surface area contributed by atoms with Crippen molar-refractivity contribution in [1.29, 1.82) is 0 Å². The van der Waals surface area contributed by atoms with Crippen LogP contribution in [0.15, 0.2) is 47.4 Å². The van der Waals surface area contributed by atoms with Crippen LogP contribution in [0.1, 0.15) is 21.5 Å². The van der Waals surface area contributed by atoms with Gasteiger partial charge in [0.2, 0.25) is 5.43 Å². The minimum absolute atomic E-state index is 0.0528. The molecular weight excluding hydrogens is 309 g/mol. The van der Waals surface area contributed by atoms with E-state index < -0.39 is 5.97 Å². The highest BCUT2D eigenvalue weighted by Crippen LogP contribution is 2.24. The summed E-state index contributed by atoms with van der Waals surface area (Å²) in [6, 6.07) is 9.62. The maximum atomic E-state index is 13.3. The largest absolute Gasteiger partial charge is 0.465 e. The van der Waals surface area contributed by atoms with Crippen molar-refractivity contribution in [3.8, 4) is 5.69 Å². The van der Waals surface area contributed by atoms with Gasteiger partial charge in [0.15, 0.2) is 0 Å². The van der Waals surface area contributed by atoms with E-state index in [1.807, 2.05) is 26.0 Å². The minimum atomic E-state index is -0.696. The van der Waals surface area contributed by atoms with Crippen LogP contribution in [0.25, 0.3) is 16.6 Å². The van der Waals surface area contributed by atoms with E-state index in [9.17, 15) is 14.0 Å². The van der Waals surface area contributed by atoms with Crippen molar-refractivity contribution >= 4 is 16.9 Å². The Hall–Kier alpha value is -2.95. The number of esters is 1. The third kappa shape index (κ3) is 2.48. The number of aryl methyl sites for hydroxylation is 2. The molecule has 0 saturated heterocycles. The smallest absolute Gasteiger partial charge is 0.343 e. The van der Waals surface area contributed by atoms with Crippen LogP contribution < -0.4 is 5.43 Å². The molecule has 24 heavy (non-hydrogen) atoms. The van der Waals surface area contributed by atoms with E-state index in [0.29, 0.717) is 16.6 Å². The average molecular weight is 325 g/mol. The van der Waals surface area contributed by atoms with Crippen LogP contribution in [0.2, 0.25) is 0 Å². The van der Waals surface area contributed by atoms with Crippen LogP contribution >= 0.6 is 0 Å². The van der Waals surface area contributed by atoms with Gasteiger partial charge in [0.25, 0.3) is 0 Å². The molecule has 2 aromatic carbocycles. The maximum absolute atomic E-state index is 13.3. The lowest BCUT2D eigenvalue weighted by Crippen LogP contribution is -2.20. The van der Waals surface area contributed by atoms with Crippen molar-refractivity contribution in [2.75, 3.05) is 7.11 Å². The second-order valence-electron chi connectivity index (χ2n) is 5.63. The summed E-state index contributed by atoms with van der Waals surface area (Å²) in [4.78, 5) is 24.8. The molecule has 5 heteroatoms. The first kappa shape index (κ1) is 15.9. The zero-order chi connectivity index (χ0) is 17.4. The monoisotopic (exact) mass is 325 g/mol. The third-order valence-electron chi connectivity index (χ3n) is 4.07. The van der Waals surface area contributed by atoms with Crippen LogP contribution in [-0.2, 0) is 4.74 Å². The van der Waals surface area contributed by atoms with Crippen molar-refractivity contribution < 1.29 is 13.9 Å². The number of halogens is 1. The van der Waals surface area contributed by atoms with Gasteiger partial charge in [-0.15, -0.1) is 0 Å². The molecule has 0 spiro atoms. The molecule has 1 aromatic heterocycles. The number of hydrogen-bond acceptors (Lipinski definition) is 3. The number of carbonyl (C=O) groups is 1. The Kier molecular flexibility index (Phi) is 3.93. The Bertz CT molecular complexity index is 1000. The maximum Gasteiger partial charge on any atom is 0.343 e. The standard InChI is InChI=1S/C19H16FNO3/c1-11-4-5-12(2)17-16(11)18(22)15(19(23)24-3)10-21(17)14-8-6-13(20)7-9-14/h4-10H,1-3H3. The number of methoxy groups -OCH3 is 1. The van der Waals surface area contributed by atoms with Gasteiger partial charge in [-0.1, -0.05) is 12.1 Å². The molecule has 0 N–H and O–H groups in total. The summed E-state index contributed by atoms with van der Waals surface area (Å²) in [5.74, 6) is -1.05. The normalized spacial score (nSPS) is 10.8. The first-order valence-electron chi connectivity index (χ1n) is 7.44. The van der Waals surface area contributed by atoms with Crippen LogP contribution in [0.5, 0.6) is 0 Å². The zero-order valence-corrected chi connectivity index (χ0v) is 13.6. The van der Waals surface area contributed by atoms with Gasteiger partial charge in [0, 0.05) is 11.9 Å².